The first-order valence-corrected chi connectivity index (χ1v) is 11.6. The Morgan fingerprint density at radius 1 is 1.14 bits per heavy atom. The minimum absolute atomic E-state index is 0.0349. The van der Waals surface area contributed by atoms with Gasteiger partial charge in [0.1, 0.15) is 0 Å². The molecule has 2 amide bonds. The summed E-state index contributed by atoms with van der Waals surface area (Å²) in [7, 11) is 0. The standard InChI is InChI=1S/C23H33N3O3/c1-15-10-21(29-24-15)23(28)25-13-17-12-18(14-25)20(11-16-6-3-2-4-7-16)26-19(17)8-5-9-22(26)27/h10,16-20H,2-9,11-14H2,1H3/t17-,18+,19+,20+/m1/s1. The lowest BCUT2D eigenvalue weighted by Gasteiger charge is -2.57. The van der Waals surface area contributed by atoms with Crippen molar-refractivity contribution < 1.29 is 14.1 Å². The molecule has 0 N–H and O–H groups in total. The Balaban J connectivity index is 1.39. The molecule has 0 unspecified atom stereocenters. The summed E-state index contributed by atoms with van der Waals surface area (Å²) in [5.41, 5.74) is 0.741. The molecule has 4 aliphatic rings. The van der Waals surface area contributed by atoms with Crippen LogP contribution in [0.5, 0.6) is 0 Å². The molecule has 3 aliphatic heterocycles. The van der Waals surface area contributed by atoms with Crippen molar-refractivity contribution in [3.05, 3.63) is 17.5 Å². The van der Waals surface area contributed by atoms with E-state index in [2.05, 4.69) is 10.1 Å². The highest BCUT2D eigenvalue weighted by molar-refractivity contribution is 5.91. The summed E-state index contributed by atoms with van der Waals surface area (Å²) in [5.74, 6) is 2.21. The van der Waals surface area contributed by atoms with Gasteiger partial charge in [-0.3, -0.25) is 9.59 Å². The van der Waals surface area contributed by atoms with Gasteiger partial charge in [0.2, 0.25) is 11.7 Å². The number of likely N-dealkylation sites (tertiary alicyclic amines) is 1. The summed E-state index contributed by atoms with van der Waals surface area (Å²) >= 11 is 0. The van der Waals surface area contributed by atoms with Crippen LogP contribution < -0.4 is 0 Å². The van der Waals surface area contributed by atoms with Crippen LogP contribution in [0, 0.1) is 24.7 Å². The lowest BCUT2D eigenvalue weighted by atomic mass is 9.69. The maximum Gasteiger partial charge on any atom is 0.292 e. The second kappa shape index (κ2) is 7.77. The van der Waals surface area contributed by atoms with E-state index in [1.54, 1.807) is 6.07 Å². The topological polar surface area (TPSA) is 66.7 Å². The molecule has 6 heteroatoms. The van der Waals surface area contributed by atoms with Crippen LogP contribution in [-0.2, 0) is 4.79 Å². The maximum atomic E-state index is 13.1. The van der Waals surface area contributed by atoms with Crippen LogP contribution >= 0.6 is 0 Å². The third kappa shape index (κ3) is 3.59. The van der Waals surface area contributed by atoms with Gasteiger partial charge in [0.15, 0.2) is 0 Å². The Kier molecular flexibility index (Phi) is 5.12. The van der Waals surface area contributed by atoms with Gasteiger partial charge in [-0.2, -0.15) is 0 Å². The number of fused-ring (bicyclic) bond motifs is 4. The molecule has 5 rings (SSSR count). The van der Waals surface area contributed by atoms with Crippen LogP contribution in [0.25, 0.3) is 0 Å². The van der Waals surface area contributed by atoms with Crippen molar-refractivity contribution in [1.82, 2.24) is 15.0 Å². The zero-order valence-corrected chi connectivity index (χ0v) is 17.5. The molecule has 0 radical (unpaired) electrons. The summed E-state index contributed by atoms with van der Waals surface area (Å²) in [5, 5.41) is 3.90. The summed E-state index contributed by atoms with van der Waals surface area (Å²) in [6.45, 7) is 3.32. The van der Waals surface area contributed by atoms with Crippen LogP contribution in [0.3, 0.4) is 0 Å². The number of amides is 2. The summed E-state index contributed by atoms with van der Waals surface area (Å²) in [6.07, 6.45) is 11.7. The van der Waals surface area contributed by atoms with Gasteiger partial charge in [-0.05, 0) is 50.4 Å². The van der Waals surface area contributed by atoms with Crippen molar-refractivity contribution in [2.75, 3.05) is 13.1 Å². The molecule has 29 heavy (non-hydrogen) atoms. The molecule has 4 atom stereocenters. The second-order valence-electron chi connectivity index (χ2n) is 9.87. The fourth-order valence-corrected chi connectivity index (χ4v) is 6.63. The fraction of sp³-hybridized carbons (Fsp3) is 0.783. The van der Waals surface area contributed by atoms with E-state index in [4.69, 9.17) is 4.52 Å². The molecule has 4 fully saturated rings. The Hall–Kier alpha value is -1.85. The molecule has 1 aromatic rings. The Bertz CT molecular complexity index is 769. The SMILES string of the molecule is Cc1cc(C(=O)N2C[C@H]3C[C@@H](C2)[C@H](CC2CCCCC2)N2C(=O)CCC[C@@H]32)on1. The first kappa shape index (κ1) is 19.1. The lowest BCUT2D eigenvalue weighted by molar-refractivity contribution is -0.153. The van der Waals surface area contributed by atoms with E-state index in [0.717, 1.165) is 50.4 Å². The van der Waals surface area contributed by atoms with E-state index in [1.165, 1.54) is 32.1 Å². The number of aryl methyl sites for hydroxylation is 1. The van der Waals surface area contributed by atoms with Crippen molar-refractivity contribution in [2.45, 2.75) is 83.2 Å². The highest BCUT2D eigenvalue weighted by Crippen LogP contribution is 2.44. The van der Waals surface area contributed by atoms with Gasteiger partial charge in [0.25, 0.3) is 5.91 Å². The van der Waals surface area contributed by atoms with Crippen molar-refractivity contribution in [3.63, 3.8) is 0 Å². The van der Waals surface area contributed by atoms with E-state index in [0.29, 0.717) is 42.0 Å². The van der Waals surface area contributed by atoms with Gasteiger partial charge < -0.3 is 14.3 Å². The normalized spacial score (nSPS) is 32.9. The van der Waals surface area contributed by atoms with E-state index < -0.39 is 0 Å². The molecular weight excluding hydrogens is 366 g/mol. The van der Waals surface area contributed by atoms with Crippen molar-refractivity contribution in [2.24, 2.45) is 17.8 Å². The molecule has 3 saturated heterocycles. The van der Waals surface area contributed by atoms with Gasteiger partial charge in [-0.15, -0.1) is 0 Å². The zero-order valence-electron chi connectivity index (χ0n) is 17.5. The highest BCUT2D eigenvalue weighted by atomic mass is 16.5. The number of nitrogens with zero attached hydrogens (tertiary/aromatic N) is 3. The van der Waals surface area contributed by atoms with Crippen LogP contribution in [-0.4, -0.2) is 51.9 Å². The first-order valence-electron chi connectivity index (χ1n) is 11.6. The predicted octanol–water partition coefficient (Wildman–Crippen LogP) is 3.80. The second-order valence-corrected chi connectivity index (χ2v) is 9.87. The summed E-state index contributed by atoms with van der Waals surface area (Å²) < 4.78 is 5.27. The third-order valence-electron chi connectivity index (χ3n) is 7.92. The van der Waals surface area contributed by atoms with E-state index in [-0.39, 0.29) is 5.91 Å². The van der Waals surface area contributed by atoms with Gasteiger partial charge in [-0.25, -0.2) is 0 Å². The Morgan fingerprint density at radius 3 is 2.69 bits per heavy atom. The lowest BCUT2D eigenvalue weighted by Crippen LogP contribution is -2.65. The number of piperidine rings is 3. The predicted molar refractivity (Wildman–Crippen MR) is 108 cm³/mol. The molecule has 1 saturated carbocycles. The smallest absolute Gasteiger partial charge is 0.292 e. The molecule has 2 bridgehead atoms. The van der Waals surface area contributed by atoms with Crippen molar-refractivity contribution in [1.29, 1.82) is 0 Å². The summed E-state index contributed by atoms with van der Waals surface area (Å²) in [6, 6.07) is 2.36. The number of carbonyl (C=O) groups excluding carboxylic acids is 2. The molecule has 158 valence electrons. The zero-order chi connectivity index (χ0) is 20.0. The number of hydrogen-bond donors (Lipinski definition) is 0. The van der Waals surface area contributed by atoms with Gasteiger partial charge in [0, 0.05) is 37.7 Å². The minimum Gasteiger partial charge on any atom is -0.351 e. The van der Waals surface area contributed by atoms with Crippen LogP contribution in [0.15, 0.2) is 10.6 Å². The number of hydrogen-bond acceptors (Lipinski definition) is 4. The van der Waals surface area contributed by atoms with Crippen LogP contribution in [0.4, 0.5) is 0 Å². The number of rotatable bonds is 3. The van der Waals surface area contributed by atoms with Crippen molar-refractivity contribution >= 4 is 11.8 Å². The quantitative estimate of drug-likeness (QED) is 0.775. The first-order chi connectivity index (χ1) is 14.1. The third-order valence-corrected chi connectivity index (χ3v) is 7.92. The van der Waals surface area contributed by atoms with Gasteiger partial charge in [-0.1, -0.05) is 37.3 Å². The van der Waals surface area contributed by atoms with Gasteiger partial charge in [0.05, 0.1) is 5.69 Å². The average Bonchev–Trinajstić information content (AvgIpc) is 3.17. The number of carbonyl (C=O) groups is 2. The molecule has 1 aliphatic carbocycles. The Morgan fingerprint density at radius 2 is 1.93 bits per heavy atom. The number of aromatic nitrogens is 1. The van der Waals surface area contributed by atoms with Gasteiger partial charge >= 0.3 is 0 Å². The molecular formula is C23H33N3O3. The molecule has 0 spiro atoms. The van der Waals surface area contributed by atoms with E-state index in [1.807, 2.05) is 11.8 Å². The Labute approximate surface area is 173 Å². The molecule has 0 aromatic carbocycles. The van der Waals surface area contributed by atoms with E-state index >= 15 is 0 Å². The highest BCUT2D eigenvalue weighted by Gasteiger charge is 2.50. The maximum absolute atomic E-state index is 13.1. The molecule has 1 aromatic heterocycles. The van der Waals surface area contributed by atoms with Crippen LogP contribution in [0.2, 0.25) is 0 Å². The molecule has 4 heterocycles. The van der Waals surface area contributed by atoms with E-state index in [9.17, 15) is 9.59 Å². The van der Waals surface area contributed by atoms with Crippen molar-refractivity contribution in [3.8, 4) is 0 Å². The molecule has 6 nitrogen and oxygen atoms in total. The van der Waals surface area contributed by atoms with Crippen LogP contribution in [0.1, 0.15) is 80.5 Å². The monoisotopic (exact) mass is 399 g/mol. The minimum atomic E-state index is -0.0349. The fourth-order valence-electron chi connectivity index (χ4n) is 6.63. The summed E-state index contributed by atoms with van der Waals surface area (Å²) in [4.78, 5) is 30.3. The average molecular weight is 400 g/mol. The largest absolute Gasteiger partial charge is 0.351 e.